The number of fused-ring (bicyclic) bond motifs is 1. The SMILES string of the molecule is Cc1nc(COc2cccc(C=CC(=O)N3CCN(Cc4cn5ccccc5n4)CC3)c2)cs1. The van der Waals surface area contributed by atoms with Crippen molar-refractivity contribution < 1.29 is 9.53 Å². The number of hydrogen-bond donors (Lipinski definition) is 0. The Hall–Kier alpha value is -3.49. The highest BCUT2D eigenvalue weighted by Gasteiger charge is 2.20. The zero-order valence-corrected chi connectivity index (χ0v) is 19.9. The van der Waals surface area contributed by atoms with Gasteiger partial charge in [0.1, 0.15) is 18.0 Å². The Morgan fingerprint density at radius 3 is 2.76 bits per heavy atom. The number of nitrogens with zero attached hydrogens (tertiary/aromatic N) is 5. The topological polar surface area (TPSA) is 63.0 Å². The molecule has 1 aliphatic heterocycles. The minimum Gasteiger partial charge on any atom is -0.487 e. The molecule has 1 aromatic carbocycles. The molecule has 0 unspecified atom stereocenters. The largest absolute Gasteiger partial charge is 0.487 e. The first-order chi connectivity index (χ1) is 16.6. The number of ether oxygens (including phenoxy) is 1. The number of rotatable bonds is 7. The summed E-state index contributed by atoms with van der Waals surface area (Å²) >= 11 is 1.62. The highest BCUT2D eigenvalue weighted by atomic mass is 32.1. The fourth-order valence-corrected chi connectivity index (χ4v) is 4.63. The maximum atomic E-state index is 12.7. The van der Waals surface area contributed by atoms with E-state index >= 15 is 0 Å². The van der Waals surface area contributed by atoms with Gasteiger partial charge >= 0.3 is 0 Å². The summed E-state index contributed by atoms with van der Waals surface area (Å²) in [5.74, 6) is 0.803. The number of amides is 1. The number of carbonyl (C=O) groups is 1. The fraction of sp³-hybridized carbons (Fsp3) is 0.269. The first-order valence-corrected chi connectivity index (χ1v) is 12.3. The van der Waals surface area contributed by atoms with Gasteiger partial charge in [0.15, 0.2) is 0 Å². The van der Waals surface area contributed by atoms with Crippen LogP contribution in [0.25, 0.3) is 11.7 Å². The summed E-state index contributed by atoms with van der Waals surface area (Å²) in [6.07, 6.45) is 7.59. The maximum absolute atomic E-state index is 12.7. The maximum Gasteiger partial charge on any atom is 0.246 e. The van der Waals surface area contributed by atoms with Crippen molar-refractivity contribution in [3.8, 4) is 5.75 Å². The lowest BCUT2D eigenvalue weighted by molar-refractivity contribution is -0.127. The third kappa shape index (κ3) is 5.52. The Labute approximate surface area is 202 Å². The number of benzene rings is 1. The summed E-state index contributed by atoms with van der Waals surface area (Å²) in [5, 5.41) is 3.04. The molecule has 1 aliphatic rings. The quantitative estimate of drug-likeness (QED) is 0.379. The van der Waals surface area contributed by atoms with Crippen LogP contribution in [0.4, 0.5) is 0 Å². The van der Waals surface area contributed by atoms with E-state index in [0.29, 0.717) is 19.7 Å². The van der Waals surface area contributed by atoms with Crippen LogP contribution in [0.3, 0.4) is 0 Å². The van der Waals surface area contributed by atoms with E-state index in [9.17, 15) is 4.79 Å². The molecule has 0 saturated carbocycles. The lowest BCUT2D eigenvalue weighted by Crippen LogP contribution is -2.47. The Kier molecular flexibility index (Phi) is 6.69. The highest BCUT2D eigenvalue weighted by Crippen LogP contribution is 2.18. The van der Waals surface area contributed by atoms with Crippen LogP contribution in [0.1, 0.15) is 22.0 Å². The lowest BCUT2D eigenvalue weighted by Gasteiger charge is -2.33. The van der Waals surface area contributed by atoms with Crippen LogP contribution in [0.5, 0.6) is 5.75 Å². The van der Waals surface area contributed by atoms with Gasteiger partial charge in [-0.1, -0.05) is 18.2 Å². The Balaban J connectivity index is 1.11. The van der Waals surface area contributed by atoms with Crippen LogP contribution in [0.15, 0.2) is 66.3 Å². The molecule has 0 spiro atoms. The molecule has 1 saturated heterocycles. The molecule has 0 N–H and O–H groups in total. The van der Waals surface area contributed by atoms with Crippen molar-refractivity contribution in [3.63, 3.8) is 0 Å². The van der Waals surface area contributed by atoms with Gasteiger partial charge in [0.05, 0.1) is 16.4 Å². The molecule has 0 atom stereocenters. The van der Waals surface area contributed by atoms with E-state index < -0.39 is 0 Å². The molecule has 4 aromatic rings. The van der Waals surface area contributed by atoms with Gasteiger partial charge in [-0.05, 0) is 42.8 Å². The first kappa shape index (κ1) is 22.3. The molecule has 3 aromatic heterocycles. The second-order valence-corrected chi connectivity index (χ2v) is 9.41. The fourth-order valence-electron chi connectivity index (χ4n) is 4.03. The monoisotopic (exact) mass is 473 g/mol. The molecule has 1 amide bonds. The molecule has 4 heterocycles. The zero-order valence-electron chi connectivity index (χ0n) is 19.1. The highest BCUT2D eigenvalue weighted by molar-refractivity contribution is 7.09. The van der Waals surface area contributed by atoms with Gasteiger partial charge < -0.3 is 14.0 Å². The minimum absolute atomic E-state index is 0.0386. The number of aromatic nitrogens is 3. The number of hydrogen-bond acceptors (Lipinski definition) is 6. The predicted octanol–water partition coefficient (Wildman–Crippen LogP) is 4.04. The van der Waals surface area contributed by atoms with E-state index in [1.54, 1.807) is 17.4 Å². The van der Waals surface area contributed by atoms with E-state index in [1.165, 1.54) is 0 Å². The lowest BCUT2D eigenvalue weighted by atomic mass is 10.2. The number of piperazine rings is 1. The van der Waals surface area contributed by atoms with E-state index in [0.717, 1.165) is 53.0 Å². The van der Waals surface area contributed by atoms with Gasteiger partial charge in [-0.3, -0.25) is 9.69 Å². The Morgan fingerprint density at radius 2 is 1.97 bits per heavy atom. The molecule has 0 bridgehead atoms. The summed E-state index contributed by atoms with van der Waals surface area (Å²) in [6, 6.07) is 13.8. The van der Waals surface area contributed by atoms with Gasteiger partial charge in [-0.2, -0.15) is 0 Å². The third-order valence-electron chi connectivity index (χ3n) is 5.81. The number of aryl methyl sites for hydroxylation is 1. The molecule has 7 nitrogen and oxygen atoms in total. The Morgan fingerprint density at radius 1 is 1.09 bits per heavy atom. The second kappa shape index (κ2) is 10.2. The van der Waals surface area contributed by atoms with Crippen molar-refractivity contribution >= 4 is 29.0 Å². The molecular weight excluding hydrogens is 446 g/mol. The van der Waals surface area contributed by atoms with Gasteiger partial charge in [-0.15, -0.1) is 11.3 Å². The van der Waals surface area contributed by atoms with Crippen molar-refractivity contribution in [3.05, 3.63) is 88.3 Å². The molecule has 5 rings (SSSR count). The second-order valence-electron chi connectivity index (χ2n) is 8.35. The van der Waals surface area contributed by atoms with Crippen LogP contribution in [-0.2, 0) is 17.9 Å². The molecule has 34 heavy (non-hydrogen) atoms. The average molecular weight is 474 g/mol. The normalized spacial score (nSPS) is 14.8. The summed E-state index contributed by atoms with van der Waals surface area (Å²) in [7, 11) is 0. The summed E-state index contributed by atoms with van der Waals surface area (Å²) in [4.78, 5) is 26.1. The van der Waals surface area contributed by atoms with Crippen molar-refractivity contribution in [2.75, 3.05) is 26.2 Å². The van der Waals surface area contributed by atoms with Gasteiger partial charge in [0, 0.05) is 56.6 Å². The van der Waals surface area contributed by atoms with E-state index in [2.05, 4.69) is 21.1 Å². The average Bonchev–Trinajstić information content (AvgIpc) is 3.47. The van der Waals surface area contributed by atoms with Crippen LogP contribution >= 0.6 is 11.3 Å². The van der Waals surface area contributed by atoms with Crippen LogP contribution in [0.2, 0.25) is 0 Å². The van der Waals surface area contributed by atoms with E-state index in [1.807, 2.05) is 76.3 Å². The number of pyridine rings is 1. The van der Waals surface area contributed by atoms with Crippen molar-refractivity contribution in [1.82, 2.24) is 24.2 Å². The van der Waals surface area contributed by atoms with Crippen molar-refractivity contribution in [2.24, 2.45) is 0 Å². The van der Waals surface area contributed by atoms with E-state index in [4.69, 9.17) is 4.74 Å². The summed E-state index contributed by atoms with van der Waals surface area (Å²) < 4.78 is 7.89. The minimum atomic E-state index is 0.0386. The van der Waals surface area contributed by atoms with Gasteiger partial charge in [-0.25, -0.2) is 9.97 Å². The Bertz CT molecular complexity index is 1270. The molecular formula is C26H27N5O2S. The van der Waals surface area contributed by atoms with Gasteiger partial charge in [0.25, 0.3) is 0 Å². The summed E-state index contributed by atoms with van der Waals surface area (Å²) in [5.41, 5.74) is 3.88. The number of carbonyl (C=O) groups excluding carboxylic acids is 1. The van der Waals surface area contributed by atoms with Gasteiger partial charge in [0.2, 0.25) is 5.91 Å². The molecule has 174 valence electrons. The van der Waals surface area contributed by atoms with Crippen LogP contribution < -0.4 is 4.74 Å². The molecule has 1 fully saturated rings. The molecule has 8 heteroatoms. The standard InChI is InChI=1S/C26H27N5O2S/c1-20-27-23(19-34-20)18-33-24-6-4-5-21(15-24)8-9-26(32)30-13-11-29(12-14-30)16-22-17-31-10-3-2-7-25(31)28-22/h2-10,15,17,19H,11-14,16,18H2,1H3. The third-order valence-corrected chi connectivity index (χ3v) is 6.64. The zero-order chi connectivity index (χ0) is 23.3. The smallest absolute Gasteiger partial charge is 0.246 e. The van der Waals surface area contributed by atoms with Crippen molar-refractivity contribution in [2.45, 2.75) is 20.1 Å². The number of thiazole rings is 1. The molecule has 0 radical (unpaired) electrons. The van der Waals surface area contributed by atoms with Crippen molar-refractivity contribution in [1.29, 1.82) is 0 Å². The number of imidazole rings is 1. The molecule has 0 aliphatic carbocycles. The first-order valence-electron chi connectivity index (χ1n) is 11.4. The predicted molar refractivity (Wildman–Crippen MR) is 134 cm³/mol. The van der Waals surface area contributed by atoms with Crippen LogP contribution in [-0.4, -0.2) is 56.3 Å². The van der Waals surface area contributed by atoms with Crippen LogP contribution in [0, 0.1) is 6.92 Å². The summed E-state index contributed by atoms with van der Waals surface area (Å²) in [6.45, 7) is 6.33. The van der Waals surface area contributed by atoms with E-state index in [-0.39, 0.29) is 5.91 Å².